The Morgan fingerprint density at radius 2 is 2.04 bits per heavy atom. The Morgan fingerprint density at radius 1 is 1.22 bits per heavy atom. The quantitative estimate of drug-likeness (QED) is 0.776. The average Bonchev–Trinajstić information content (AvgIpc) is 3.22. The fraction of sp³-hybridized carbons (Fsp3) is 0.118. The summed E-state index contributed by atoms with van der Waals surface area (Å²) >= 11 is 1.72. The molecule has 0 aliphatic carbocycles. The summed E-state index contributed by atoms with van der Waals surface area (Å²) in [5, 5.41) is 10.0. The lowest BCUT2D eigenvalue weighted by molar-refractivity contribution is -0.117. The van der Waals surface area contributed by atoms with Crippen molar-refractivity contribution in [1.29, 1.82) is 0 Å². The van der Waals surface area contributed by atoms with Gasteiger partial charge in [-0.2, -0.15) is 5.10 Å². The van der Waals surface area contributed by atoms with E-state index >= 15 is 0 Å². The average molecular weight is 322 g/mol. The van der Waals surface area contributed by atoms with Crippen molar-refractivity contribution in [3.63, 3.8) is 0 Å². The van der Waals surface area contributed by atoms with E-state index in [-0.39, 0.29) is 11.8 Å². The number of aromatic amines is 1. The molecule has 0 fully saturated rings. The number of anilines is 1. The Hall–Kier alpha value is -2.60. The lowest BCUT2D eigenvalue weighted by Crippen LogP contribution is -2.21. The molecule has 0 saturated carbocycles. The maximum Gasteiger partial charge on any atom is 0.234 e. The van der Waals surface area contributed by atoms with E-state index < -0.39 is 0 Å². The molecule has 23 heavy (non-hydrogen) atoms. The first-order chi connectivity index (χ1) is 11.3. The second kappa shape index (κ2) is 5.89. The number of nitrogens with zero attached hydrogens (tertiary/aromatic N) is 2. The predicted molar refractivity (Wildman–Crippen MR) is 90.4 cm³/mol. The van der Waals surface area contributed by atoms with Crippen LogP contribution in [0, 0.1) is 0 Å². The number of nitrogens with one attached hydrogen (secondary N) is 2. The van der Waals surface area contributed by atoms with E-state index in [2.05, 4.69) is 26.6 Å². The minimum Gasteiger partial charge on any atom is -0.309 e. The number of amides is 1. The summed E-state index contributed by atoms with van der Waals surface area (Å²) in [5.41, 5.74) is 2.93. The molecule has 0 bridgehead atoms. The van der Waals surface area contributed by atoms with Gasteiger partial charge in [0.2, 0.25) is 5.91 Å². The zero-order valence-corrected chi connectivity index (χ0v) is 13.0. The summed E-state index contributed by atoms with van der Waals surface area (Å²) in [5.74, 6) is 1.16. The molecule has 2 N–H and O–H groups in total. The lowest BCUT2D eigenvalue weighted by atomic mass is 10.0. The Morgan fingerprint density at radius 3 is 2.91 bits per heavy atom. The van der Waals surface area contributed by atoms with Crippen LogP contribution in [0.25, 0.3) is 11.3 Å². The third-order valence-electron chi connectivity index (χ3n) is 3.84. The molecule has 1 aliphatic heterocycles. The number of thioether (sulfide) groups is 1. The maximum atomic E-state index is 12.5. The van der Waals surface area contributed by atoms with Gasteiger partial charge in [0.1, 0.15) is 0 Å². The van der Waals surface area contributed by atoms with Crippen molar-refractivity contribution >= 4 is 23.5 Å². The second-order valence-electron chi connectivity index (χ2n) is 5.29. The Kier molecular flexibility index (Phi) is 3.59. The number of carbonyl (C=O) groups is 1. The number of hydrogen-bond acceptors (Lipinski definition) is 4. The van der Waals surface area contributed by atoms with Crippen LogP contribution in [0.15, 0.2) is 59.8 Å². The van der Waals surface area contributed by atoms with Gasteiger partial charge in [-0.15, -0.1) is 11.8 Å². The second-order valence-corrected chi connectivity index (χ2v) is 6.36. The normalized spacial score (nSPS) is 16.1. The van der Waals surface area contributed by atoms with Gasteiger partial charge in [-0.3, -0.25) is 14.9 Å². The number of aromatic nitrogens is 3. The van der Waals surface area contributed by atoms with E-state index in [1.807, 2.05) is 36.4 Å². The van der Waals surface area contributed by atoms with Gasteiger partial charge in [-0.05, 0) is 23.8 Å². The van der Waals surface area contributed by atoms with Gasteiger partial charge in [-0.1, -0.05) is 18.2 Å². The molecule has 4 rings (SSSR count). The maximum absolute atomic E-state index is 12.5. The molecule has 0 saturated heterocycles. The SMILES string of the molecule is O=C(Nc1cc(-c2ccncc2)[nH]n1)[C@H]1CSc2ccccc21. The molecule has 1 atom stereocenters. The molecule has 3 aromatic rings. The van der Waals surface area contributed by atoms with Gasteiger partial charge in [0.05, 0.1) is 11.6 Å². The summed E-state index contributed by atoms with van der Waals surface area (Å²) in [6, 6.07) is 13.7. The third kappa shape index (κ3) is 2.73. The van der Waals surface area contributed by atoms with Crippen LogP contribution in [0.5, 0.6) is 0 Å². The highest BCUT2D eigenvalue weighted by atomic mass is 32.2. The van der Waals surface area contributed by atoms with Crippen molar-refractivity contribution in [2.24, 2.45) is 0 Å². The molecule has 3 heterocycles. The number of carbonyl (C=O) groups excluding carboxylic acids is 1. The van der Waals surface area contributed by atoms with E-state index in [4.69, 9.17) is 0 Å². The summed E-state index contributed by atoms with van der Waals surface area (Å²) in [6.07, 6.45) is 3.45. The highest BCUT2D eigenvalue weighted by Crippen LogP contribution is 2.39. The van der Waals surface area contributed by atoms with Crippen molar-refractivity contribution in [2.75, 3.05) is 11.1 Å². The molecule has 1 aromatic carbocycles. The third-order valence-corrected chi connectivity index (χ3v) is 5.02. The Bertz CT molecular complexity index is 847. The number of fused-ring (bicyclic) bond motifs is 1. The summed E-state index contributed by atoms with van der Waals surface area (Å²) in [4.78, 5) is 17.7. The standard InChI is InChI=1S/C17H14N4OS/c22-17(13-10-23-15-4-2-1-3-12(13)15)19-16-9-14(20-21-16)11-5-7-18-8-6-11/h1-9,13H,10H2,(H2,19,20,21,22)/t13-/m0/s1. The topological polar surface area (TPSA) is 70.7 Å². The fourth-order valence-electron chi connectivity index (χ4n) is 2.66. The number of rotatable bonds is 3. The van der Waals surface area contributed by atoms with Crippen LogP contribution in [0.3, 0.4) is 0 Å². The largest absolute Gasteiger partial charge is 0.309 e. The molecule has 0 unspecified atom stereocenters. The van der Waals surface area contributed by atoms with Crippen molar-refractivity contribution in [3.8, 4) is 11.3 Å². The zero-order chi connectivity index (χ0) is 15.6. The van der Waals surface area contributed by atoms with E-state index in [9.17, 15) is 4.79 Å². The van der Waals surface area contributed by atoms with Crippen molar-refractivity contribution in [1.82, 2.24) is 15.2 Å². The minimum absolute atomic E-state index is 0.0183. The number of hydrogen-bond donors (Lipinski definition) is 2. The lowest BCUT2D eigenvalue weighted by Gasteiger charge is -2.09. The highest BCUT2D eigenvalue weighted by molar-refractivity contribution is 7.99. The van der Waals surface area contributed by atoms with Crippen molar-refractivity contribution in [2.45, 2.75) is 10.8 Å². The van der Waals surface area contributed by atoms with Crippen LogP contribution >= 0.6 is 11.8 Å². The van der Waals surface area contributed by atoms with Crippen LogP contribution < -0.4 is 5.32 Å². The van der Waals surface area contributed by atoms with Gasteiger partial charge >= 0.3 is 0 Å². The molecular formula is C17H14N4OS. The van der Waals surface area contributed by atoms with Gasteiger partial charge in [-0.25, -0.2) is 0 Å². The molecular weight excluding hydrogens is 308 g/mol. The fourth-order valence-corrected chi connectivity index (χ4v) is 3.89. The Balaban J connectivity index is 1.51. The van der Waals surface area contributed by atoms with E-state index in [0.29, 0.717) is 5.82 Å². The summed E-state index contributed by atoms with van der Waals surface area (Å²) in [6.45, 7) is 0. The van der Waals surface area contributed by atoms with Crippen molar-refractivity contribution < 1.29 is 4.79 Å². The van der Waals surface area contributed by atoms with Crippen LogP contribution in [0.1, 0.15) is 11.5 Å². The number of H-pyrrole nitrogens is 1. The number of pyridine rings is 1. The predicted octanol–water partition coefficient (Wildman–Crippen LogP) is 3.30. The smallest absolute Gasteiger partial charge is 0.234 e. The van der Waals surface area contributed by atoms with Crippen LogP contribution in [-0.4, -0.2) is 26.8 Å². The van der Waals surface area contributed by atoms with E-state index in [1.54, 1.807) is 24.2 Å². The minimum atomic E-state index is -0.128. The Labute approximate surface area is 137 Å². The van der Waals surface area contributed by atoms with Crippen LogP contribution in [-0.2, 0) is 4.79 Å². The molecule has 114 valence electrons. The van der Waals surface area contributed by atoms with Crippen LogP contribution in [0.2, 0.25) is 0 Å². The molecule has 0 radical (unpaired) electrons. The molecule has 6 heteroatoms. The van der Waals surface area contributed by atoms with Crippen molar-refractivity contribution in [3.05, 3.63) is 60.4 Å². The first-order valence-electron chi connectivity index (χ1n) is 7.29. The zero-order valence-electron chi connectivity index (χ0n) is 12.2. The molecule has 1 aliphatic rings. The van der Waals surface area contributed by atoms with Gasteiger partial charge in [0.25, 0.3) is 0 Å². The first-order valence-corrected chi connectivity index (χ1v) is 8.28. The molecule has 0 spiro atoms. The molecule has 1 amide bonds. The first kappa shape index (κ1) is 14.0. The van der Waals surface area contributed by atoms with E-state index in [0.717, 1.165) is 22.6 Å². The summed E-state index contributed by atoms with van der Waals surface area (Å²) < 4.78 is 0. The van der Waals surface area contributed by atoms with Gasteiger partial charge in [0.15, 0.2) is 5.82 Å². The highest BCUT2D eigenvalue weighted by Gasteiger charge is 2.29. The molecule has 5 nitrogen and oxygen atoms in total. The number of benzene rings is 1. The summed E-state index contributed by atoms with van der Waals surface area (Å²) in [7, 11) is 0. The monoisotopic (exact) mass is 322 g/mol. The molecule has 2 aromatic heterocycles. The van der Waals surface area contributed by atoms with E-state index in [1.165, 1.54) is 4.90 Å². The van der Waals surface area contributed by atoms with Gasteiger partial charge < -0.3 is 5.32 Å². The van der Waals surface area contributed by atoms with Crippen LogP contribution in [0.4, 0.5) is 5.82 Å². The van der Waals surface area contributed by atoms with Gasteiger partial charge in [0, 0.05) is 34.7 Å².